The number of hydrogen-bond donors (Lipinski definition) is 2. The molecule has 0 aromatic carbocycles. The van der Waals surface area contributed by atoms with Crippen LogP contribution < -0.4 is 5.32 Å². The van der Waals surface area contributed by atoms with Gasteiger partial charge in [-0.25, -0.2) is 13.1 Å². The third kappa shape index (κ3) is 1.98. The molecule has 1 fully saturated rings. The van der Waals surface area contributed by atoms with Crippen molar-refractivity contribution < 1.29 is 13.2 Å². The van der Waals surface area contributed by atoms with Crippen molar-refractivity contribution in [3.63, 3.8) is 0 Å². The lowest BCUT2D eigenvalue weighted by Gasteiger charge is -2.07. The van der Waals surface area contributed by atoms with E-state index in [-0.39, 0.29) is 16.6 Å². The standard InChI is InChI=1S/C13H14N4O3S/c18-13(16-11-3-5-15-17(11)8-1-2-8)12-9-4-6-21(19,20)10(9)7-14-12/h3,5,7-8,14H,1-2,4,6H2,(H,16,18). The molecule has 7 nitrogen and oxygen atoms in total. The molecule has 2 N–H and O–H groups in total. The van der Waals surface area contributed by atoms with Gasteiger partial charge in [-0.05, 0) is 19.3 Å². The molecule has 1 amide bonds. The molecule has 3 heterocycles. The molecule has 2 aromatic heterocycles. The zero-order chi connectivity index (χ0) is 14.6. The van der Waals surface area contributed by atoms with E-state index in [0.29, 0.717) is 29.5 Å². The van der Waals surface area contributed by atoms with Crippen molar-refractivity contribution in [1.29, 1.82) is 0 Å². The van der Waals surface area contributed by atoms with E-state index in [4.69, 9.17) is 0 Å². The van der Waals surface area contributed by atoms with E-state index >= 15 is 0 Å². The third-order valence-corrected chi connectivity index (χ3v) is 5.71. The minimum atomic E-state index is -3.22. The van der Waals surface area contributed by atoms with Gasteiger partial charge in [0.25, 0.3) is 5.91 Å². The highest BCUT2D eigenvalue weighted by molar-refractivity contribution is 7.91. The molecular weight excluding hydrogens is 292 g/mol. The molecule has 0 bridgehead atoms. The van der Waals surface area contributed by atoms with Gasteiger partial charge in [0, 0.05) is 17.8 Å². The number of nitrogens with zero attached hydrogens (tertiary/aromatic N) is 2. The summed E-state index contributed by atoms with van der Waals surface area (Å²) >= 11 is 0. The van der Waals surface area contributed by atoms with Gasteiger partial charge in [-0.2, -0.15) is 5.10 Å². The Morgan fingerprint density at radius 1 is 1.43 bits per heavy atom. The summed E-state index contributed by atoms with van der Waals surface area (Å²) in [5.41, 5.74) is 0.916. The second-order valence-corrected chi connectivity index (χ2v) is 7.50. The molecule has 0 saturated heterocycles. The number of nitrogens with one attached hydrogen (secondary N) is 2. The van der Waals surface area contributed by atoms with Crippen molar-refractivity contribution in [1.82, 2.24) is 14.8 Å². The number of carbonyl (C=O) groups is 1. The van der Waals surface area contributed by atoms with Crippen LogP contribution in [0.1, 0.15) is 34.9 Å². The first-order chi connectivity index (χ1) is 10.1. The molecule has 110 valence electrons. The second-order valence-electron chi connectivity index (χ2n) is 5.42. The number of sulfone groups is 1. The van der Waals surface area contributed by atoms with Crippen LogP contribution in [-0.4, -0.2) is 34.8 Å². The van der Waals surface area contributed by atoms with Crippen LogP contribution in [0.3, 0.4) is 0 Å². The first-order valence-electron chi connectivity index (χ1n) is 6.84. The first kappa shape index (κ1) is 12.6. The Labute approximate surface area is 121 Å². The van der Waals surface area contributed by atoms with Crippen LogP contribution >= 0.6 is 0 Å². The smallest absolute Gasteiger partial charge is 0.273 e. The average molecular weight is 306 g/mol. The molecule has 0 radical (unpaired) electrons. The summed E-state index contributed by atoms with van der Waals surface area (Å²) in [5, 5.41) is 7.01. The SMILES string of the molecule is O=C(Nc1ccnn1C1CC1)c1[nH]cc2c1CCS2(=O)=O. The van der Waals surface area contributed by atoms with E-state index in [9.17, 15) is 13.2 Å². The predicted octanol–water partition coefficient (Wildman–Crippen LogP) is 1.13. The minimum absolute atomic E-state index is 0.0760. The van der Waals surface area contributed by atoms with Crippen LogP contribution in [-0.2, 0) is 16.3 Å². The van der Waals surface area contributed by atoms with Crippen molar-refractivity contribution >= 4 is 21.6 Å². The van der Waals surface area contributed by atoms with Crippen molar-refractivity contribution in [2.45, 2.75) is 30.2 Å². The summed E-state index contributed by atoms with van der Waals surface area (Å²) in [6.07, 6.45) is 5.58. The van der Waals surface area contributed by atoms with Crippen LogP contribution in [0.25, 0.3) is 0 Å². The minimum Gasteiger partial charge on any atom is -0.356 e. The molecule has 0 spiro atoms. The van der Waals surface area contributed by atoms with E-state index in [0.717, 1.165) is 12.8 Å². The lowest BCUT2D eigenvalue weighted by atomic mass is 10.2. The summed E-state index contributed by atoms with van der Waals surface area (Å²) in [6.45, 7) is 0. The molecule has 2 aromatic rings. The Balaban J connectivity index is 1.63. The number of anilines is 1. The highest BCUT2D eigenvalue weighted by Gasteiger charge is 2.32. The van der Waals surface area contributed by atoms with Gasteiger partial charge in [-0.15, -0.1) is 0 Å². The molecular formula is C13H14N4O3S. The summed E-state index contributed by atoms with van der Waals surface area (Å²) in [7, 11) is -3.22. The Morgan fingerprint density at radius 3 is 3.00 bits per heavy atom. The predicted molar refractivity (Wildman–Crippen MR) is 75.0 cm³/mol. The zero-order valence-corrected chi connectivity index (χ0v) is 12.0. The van der Waals surface area contributed by atoms with Gasteiger partial charge in [0.1, 0.15) is 11.5 Å². The number of hydrogen-bond acceptors (Lipinski definition) is 4. The fourth-order valence-electron chi connectivity index (χ4n) is 2.71. The maximum atomic E-state index is 12.4. The van der Waals surface area contributed by atoms with E-state index in [1.165, 1.54) is 6.20 Å². The van der Waals surface area contributed by atoms with Crippen LogP contribution in [0, 0.1) is 0 Å². The number of H-pyrrole nitrogens is 1. The average Bonchev–Trinajstić information content (AvgIpc) is 2.91. The largest absolute Gasteiger partial charge is 0.356 e. The summed E-state index contributed by atoms with van der Waals surface area (Å²) in [4.78, 5) is 15.4. The molecule has 0 atom stereocenters. The molecule has 21 heavy (non-hydrogen) atoms. The molecule has 1 saturated carbocycles. The topological polar surface area (TPSA) is 96.8 Å². The fourth-order valence-corrected chi connectivity index (χ4v) is 4.22. The van der Waals surface area contributed by atoms with Crippen LogP contribution in [0.15, 0.2) is 23.4 Å². The number of rotatable bonds is 3. The van der Waals surface area contributed by atoms with Gasteiger partial charge in [-0.3, -0.25) is 4.79 Å². The molecule has 4 rings (SSSR count). The van der Waals surface area contributed by atoms with Crippen LogP contribution in [0.4, 0.5) is 5.82 Å². The van der Waals surface area contributed by atoms with Crippen molar-refractivity contribution in [3.8, 4) is 0 Å². The fraction of sp³-hybridized carbons (Fsp3) is 0.385. The molecule has 1 aliphatic heterocycles. The highest BCUT2D eigenvalue weighted by Crippen LogP contribution is 2.36. The number of aromatic nitrogens is 3. The van der Waals surface area contributed by atoms with Gasteiger partial charge in [0.15, 0.2) is 9.84 Å². The zero-order valence-electron chi connectivity index (χ0n) is 11.2. The second kappa shape index (κ2) is 4.20. The van der Waals surface area contributed by atoms with E-state index in [2.05, 4.69) is 15.4 Å². The summed E-state index contributed by atoms with van der Waals surface area (Å²) in [6, 6.07) is 2.11. The lowest BCUT2D eigenvalue weighted by molar-refractivity contribution is 0.102. The number of fused-ring (bicyclic) bond motifs is 1. The Morgan fingerprint density at radius 2 is 2.24 bits per heavy atom. The third-order valence-electron chi connectivity index (χ3n) is 3.93. The van der Waals surface area contributed by atoms with E-state index < -0.39 is 9.84 Å². The van der Waals surface area contributed by atoms with Gasteiger partial charge in [0.05, 0.1) is 22.9 Å². The van der Waals surface area contributed by atoms with Crippen LogP contribution in [0.5, 0.6) is 0 Å². The first-order valence-corrected chi connectivity index (χ1v) is 8.49. The van der Waals surface area contributed by atoms with E-state index in [1.807, 2.05) is 0 Å². The van der Waals surface area contributed by atoms with E-state index in [1.54, 1.807) is 16.9 Å². The van der Waals surface area contributed by atoms with Gasteiger partial charge >= 0.3 is 0 Å². The van der Waals surface area contributed by atoms with Crippen LogP contribution in [0.2, 0.25) is 0 Å². The Kier molecular flexibility index (Phi) is 2.53. The Hall–Kier alpha value is -2.09. The maximum absolute atomic E-state index is 12.4. The van der Waals surface area contributed by atoms with Crippen molar-refractivity contribution in [2.24, 2.45) is 0 Å². The Bertz CT molecular complexity index is 829. The number of aromatic amines is 1. The van der Waals surface area contributed by atoms with Crippen molar-refractivity contribution in [3.05, 3.63) is 29.7 Å². The number of amides is 1. The molecule has 0 unspecified atom stereocenters. The van der Waals surface area contributed by atoms with Gasteiger partial charge in [-0.1, -0.05) is 0 Å². The van der Waals surface area contributed by atoms with Gasteiger partial charge < -0.3 is 10.3 Å². The quantitative estimate of drug-likeness (QED) is 0.888. The summed E-state index contributed by atoms with van der Waals surface area (Å²) in [5.74, 6) is 0.398. The maximum Gasteiger partial charge on any atom is 0.273 e. The van der Waals surface area contributed by atoms with Crippen molar-refractivity contribution in [2.75, 3.05) is 11.1 Å². The monoisotopic (exact) mass is 306 g/mol. The highest BCUT2D eigenvalue weighted by atomic mass is 32.2. The lowest BCUT2D eigenvalue weighted by Crippen LogP contribution is -2.17. The normalized spacial score (nSPS) is 19.4. The van der Waals surface area contributed by atoms with Gasteiger partial charge in [0.2, 0.25) is 0 Å². The molecule has 1 aliphatic carbocycles. The molecule has 8 heteroatoms. The number of carbonyl (C=O) groups excluding carboxylic acids is 1. The summed E-state index contributed by atoms with van der Waals surface area (Å²) < 4.78 is 25.4. The molecule has 2 aliphatic rings.